The zero-order valence-electron chi connectivity index (χ0n) is 21.8. The first-order valence-corrected chi connectivity index (χ1v) is 13.4. The zero-order chi connectivity index (χ0) is 28.2. The number of nitrogens with one attached hydrogen (secondary N) is 2. The van der Waals surface area contributed by atoms with Crippen molar-refractivity contribution < 1.29 is 14.0 Å². The lowest BCUT2D eigenvalue weighted by Crippen LogP contribution is -2.28. The molecule has 1 unspecified atom stereocenters. The second kappa shape index (κ2) is 14.7. The molecule has 2 aromatic carbocycles. The molecule has 0 saturated carbocycles. The maximum atomic E-state index is 13.8. The SMILES string of the molecule is CC(N)c1cc(CC(=O)N/C(N)=C/C=C(\N)CCCCc2nnc(NC(=O)Cc3ccccc3)s2)ccc1F. The number of unbranched alkanes of at least 4 members (excludes halogenated alkanes) is 1. The first kappa shape index (κ1) is 29.5. The van der Waals surface area contributed by atoms with Crippen molar-refractivity contribution >= 4 is 28.3 Å². The summed E-state index contributed by atoms with van der Waals surface area (Å²) in [6.07, 6.45) is 6.56. The van der Waals surface area contributed by atoms with Gasteiger partial charge in [0.2, 0.25) is 16.9 Å². The van der Waals surface area contributed by atoms with Crippen molar-refractivity contribution in [2.45, 2.75) is 51.5 Å². The number of aryl methyl sites for hydroxylation is 1. The molecule has 3 aromatic rings. The minimum atomic E-state index is -0.473. The molecule has 0 bridgehead atoms. The summed E-state index contributed by atoms with van der Waals surface area (Å²) < 4.78 is 13.8. The quantitative estimate of drug-likeness (QED) is 0.160. The van der Waals surface area contributed by atoms with Crippen molar-refractivity contribution in [3.63, 3.8) is 0 Å². The molecule has 206 valence electrons. The Morgan fingerprint density at radius 1 is 1.00 bits per heavy atom. The minimum absolute atomic E-state index is 0.0395. The van der Waals surface area contributed by atoms with Crippen molar-refractivity contribution in [2.75, 3.05) is 5.32 Å². The van der Waals surface area contributed by atoms with Crippen LogP contribution >= 0.6 is 11.3 Å². The molecule has 11 heteroatoms. The first-order chi connectivity index (χ1) is 18.7. The Morgan fingerprint density at radius 2 is 1.74 bits per heavy atom. The summed E-state index contributed by atoms with van der Waals surface area (Å²) in [5.74, 6) is -0.694. The van der Waals surface area contributed by atoms with Gasteiger partial charge in [-0.05, 0) is 55.5 Å². The van der Waals surface area contributed by atoms with Gasteiger partial charge in [0.25, 0.3) is 0 Å². The van der Waals surface area contributed by atoms with Gasteiger partial charge in [0.1, 0.15) is 16.6 Å². The molecule has 0 radical (unpaired) electrons. The maximum Gasteiger partial charge on any atom is 0.230 e. The largest absolute Gasteiger partial charge is 0.402 e. The molecule has 39 heavy (non-hydrogen) atoms. The summed E-state index contributed by atoms with van der Waals surface area (Å²) in [5, 5.41) is 14.9. The van der Waals surface area contributed by atoms with Crippen LogP contribution in [0.5, 0.6) is 0 Å². The summed E-state index contributed by atoms with van der Waals surface area (Å²) >= 11 is 1.36. The van der Waals surface area contributed by atoms with E-state index in [-0.39, 0.29) is 30.5 Å². The Bertz CT molecular complexity index is 1320. The van der Waals surface area contributed by atoms with Crippen LogP contribution in [0.2, 0.25) is 0 Å². The van der Waals surface area contributed by atoms with Gasteiger partial charge in [0.05, 0.1) is 12.8 Å². The lowest BCUT2D eigenvalue weighted by atomic mass is 10.0. The lowest BCUT2D eigenvalue weighted by Gasteiger charge is -2.10. The highest BCUT2D eigenvalue weighted by Crippen LogP contribution is 2.19. The van der Waals surface area contributed by atoms with E-state index < -0.39 is 11.9 Å². The maximum absolute atomic E-state index is 13.8. The van der Waals surface area contributed by atoms with Crippen LogP contribution in [-0.2, 0) is 28.9 Å². The van der Waals surface area contributed by atoms with Crippen LogP contribution in [0, 0.1) is 5.82 Å². The van der Waals surface area contributed by atoms with Crippen molar-refractivity contribution in [2.24, 2.45) is 17.2 Å². The molecule has 2 amide bonds. The van der Waals surface area contributed by atoms with Crippen LogP contribution < -0.4 is 27.8 Å². The van der Waals surface area contributed by atoms with E-state index in [4.69, 9.17) is 17.2 Å². The Kier molecular flexibility index (Phi) is 11.1. The number of hydrogen-bond donors (Lipinski definition) is 5. The summed E-state index contributed by atoms with van der Waals surface area (Å²) in [5.41, 5.74) is 20.3. The van der Waals surface area contributed by atoms with Gasteiger partial charge < -0.3 is 27.8 Å². The molecule has 0 spiro atoms. The minimum Gasteiger partial charge on any atom is -0.402 e. The topological polar surface area (TPSA) is 162 Å². The van der Waals surface area contributed by atoms with Crippen LogP contribution in [0.25, 0.3) is 0 Å². The number of aromatic nitrogens is 2. The van der Waals surface area contributed by atoms with Gasteiger partial charge in [-0.3, -0.25) is 9.59 Å². The van der Waals surface area contributed by atoms with E-state index in [9.17, 15) is 14.0 Å². The van der Waals surface area contributed by atoms with Crippen LogP contribution in [0.4, 0.5) is 9.52 Å². The number of amides is 2. The Morgan fingerprint density at radius 3 is 2.49 bits per heavy atom. The number of carbonyl (C=O) groups is 2. The standard InChI is InChI=1S/C28H34FN7O2S/c1-18(30)22-15-20(11-13-23(22)29)17-25(37)33-24(32)14-12-21(31)9-5-6-10-27-35-36-28(39-27)34-26(38)16-19-7-3-2-4-8-19/h2-4,7-8,11-15,18H,5-6,9-10,16-17,30-32H2,1H3,(H,33,37)(H,34,36,38)/b21-12-,24-14+. The zero-order valence-corrected chi connectivity index (χ0v) is 22.6. The van der Waals surface area contributed by atoms with E-state index in [2.05, 4.69) is 20.8 Å². The van der Waals surface area contributed by atoms with Gasteiger partial charge in [0.15, 0.2) is 0 Å². The molecule has 9 nitrogen and oxygen atoms in total. The van der Waals surface area contributed by atoms with E-state index in [1.807, 2.05) is 30.3 Å². The fraction of sp³-hybridized carbons (Fsp3) is 0.286. The number of nitrogens with zero attached hydrogens (tertiary/aromatic N) is 2. The van der Waals surface area contributed by atoms with Gasteiger partial charge in [-0.2, -0.15) is 0 Å². The average Bonchev–Trinajstić information content (AvgIpc) is 3.33. The monoisotopic (exact) mass is 551 g/mol. The van der Waals surface area contributed by atoms with Crippen molar-refractivity contribution in [3.8, 4) is 0 Å². The molecule has 0 aliphatic carbocycles. The molecule has 0 aliphatic heterocycles. The molecule has 1 atom stereocenters. The van der Waals surface area contributed by atoms with Crippen molar-refractivity contribution in [1.29, 1.82) is 0 Å². The third-order valence-electron chi connectivity index (χ3n) is 5.70. The number of halogens is 1. The molecular weight excluding hydrogens is 517 g/mol. The highest BCUT2D eigenvalue weighted by atomic mass is 32.1. The smallest absolute Gasteiger partial charge is 0.230 e. The van der Waals surface area contributed by atoms with Gasteiger partial charge in [-0.25, -0.2) is 4.39 Å². The molecule has 0 fully saturated rings. The number of rotatable bonds is 13. The molecule has 0 saturated heterocycles. The van der Waals surface area contributed by atoms with Crippen LogP contribution in [0.1, 0.15) is 53.9 Å². The van der Waals surface area contributed by atoms with Crippen molar-refractivity contribution in [1.82, 2.24) is 15.5 Å². The van der Waals surface area contributed by atoms with Gasteiger partial charge in [0, 0.05) is 23.7 Å². The van der Waals surface area contributed by atoms with Crippen molar-refractivity contribution in [3.05, 3.63) is 99.7 Å². The van der Waals surface area contributed by atoms with Gasteiger partial charge >= 0.3 is 0 Å². The average molecular weight is 552 g/mol. The summed E-state index contributed by atoms with van der Waals surface area (Å²) in [7, 11) is 0. The summed E-state index contributed by atoms with van der Waals surface area (Å²) in [6, 6.07) is 13.5. The van der Waals surface area contributed by atoms with E-state index in [1.165, 1.54) is 17.4 Å². The highest BCUT2D eigenvalue weighted by molar-refractivity contribution is 7.15. The second-order valence-electron chi connectivity index (χ2n) is 9.15. The molecule has 3 rings (SSSR count). The molecule has 0 aliphatic rings. The number of benzene rings is 2. The fourth-order valence-electron chi connectivity index (χ4n) is 3.72. The number of anilines is 1. The second-order valence-corrected chi connectivity index (χ2v) is 10.2. The van der Waals surface area contributed by atoms with E-state index >= 15 is 0 Å². The number of hydrogen-bond acceptors (Lipinski definition) is 8. The fourth-order valence-corrected chi connectivity index (χ4v) is 4.52. The summed E-state index contributed by atoms with van der Waals surface area (Å²) in [4.78, 5) is 24.5. The Hall–Kier alpha value is -4.09. The molecule has 8 N–H and O–H groups in total. The van der Waals surface area contributed by atoms with Gasteiger partial charge in [-0.1, -0.05) is 53.8 Å². The van der Waals surface area contributed by atoms with E-state index in [1.54, 1.807) is 31.2 Å². The Labute approximate surface area is 231 Å². The summed E-state index contributed by atoms with van der Waals surface area (Å²) in [6.45, 7) is 1.68. The van der Waals surface area contributed by atoms with Crippen LogP contribution in [-0.4, -0.2) is 22.0 Å². The van der Waals surface area contributed by atoms with E-state index in [0.717, 1.165) is 29.8 Å². The normalized spacial score (nSPS) is 12.7. The molecular formula is C28H34FN7O2S. The number of allylic oxidation sites excluding steroid dienone is 3. The third kappa shape index (κ3) is 10.3. The molecule has 1 heterocycles. The predicted molar refractivity (Wildman–Crippen MR) is 152 cm³/mol. The number of nitrogens with two attached hydrogens (primary N) is 3. The van der Waals surface area contributed by atoms with E-state index in [0.29, 0.717) is 28.4 Å². The highest BCUT2D eigenvalue weighted by Gasteiger charge is 2.11. The Balaban J connectivity index is 1.36. The molecule has 1 aromatic heterocycles. The first-order valence-electron chi connectivity index (χ1n) is 12.6. The van der Waals surface area contributed by atoms with Crippen LogP contribution in [0.15, 0.2) is 72.2 Å². The van der Waals surface area contributed by atoms with Gasteiger partial charge in [-0.15, -0.1) is 10.2 Å². The third-order valence-corrected chi connectivity index (χ3v) is 6.60. The lowest BCUT2D eigenvalue weighted by molar-refractivity contribution is -0.119. The van der Waals surface area contributed by atoms with Crippen LogP contribution in [0.3, 0.4) is 0 Å². The number of carbonyl (C=O) groups excluding carboxylic acids is 2. The predicted octanol–water partition coefficient (Wildman–Crippen LogP) is 3.59.